The SMILES string of the molecule is CCCCCCC[C@@H]1C[C@@H]2CCC3=C(C(=O)OCCCCN=C(N)N)C(C)=NC(=N1)N32. The summed E-state index contributed by atoms with van der Waals surface area (Å²) in [6.07, 6.45) is 12.1. The molecule has 172 valence electrons. The van der Waals surface area contributed by atoms with Crippen molar-refractivity contribution in [1.82, 2.24) is 4.90 Å². The maximum absolute atomic E-state index is 12.8. The van der Waals surface area contributed by atoms with Crippen molar-refractivity contribution in [1.29, 1.82) is 0 Å². The lowest BCUT2D eigenvalue weighted by atomic mass is 9.98. The standard InChI is InChI=1S/C23H38N6O2/c1-3-4-5-6-7-10-17-15-18-11-12-19-20(16(2)27-23(28-17)29(18)19)21(30)31-14-9-8-13-26-22(24)25/h17-18H,3-15H2,1-2H3,(H4,24,25,26)/t17-,18+/m1/s1. The predicted molar refractivity (Wildman–Crippen MR) is 125 cm³/mol. The van der Waals surface area contributed by atoms with Crippen LogP contribution in [0.4, 0.5) is 0 Å². The Balaban J connectivity index is 1.57. The zero-order valence-electron chi connectivity index (χ0n) is 19.1. The van der Waals surface area contributed by atoms with Crippen molar-refractivity contribution < 1.29 is 9.53 Å². The molecule has 3 heterocycles. The molecular formula is C23H38N6O2. The first-order valence-electron chi connectivity index (χ1n) is 11.9. The van der Waals surface area contributed by atoms with Crippen LogP contribution in [-0.2, 0) is 9.53 Å². The number of carbonyl (C=O) groups excluding carboxylic acids is 1. The van der Waals surface area contributed by atoms with E-state index < -0.39 is 0 Å². The van der Waals surface area contributed by atoms with Crippen LogP contribution in [0, 0.1) is 0 Å². The maximum atomic E-state index is 12.8. The summed E-state index contributed by atoms with van der Waals surface area (Å²) in [5, 5.41) is 0. The molecule has 31 heavy (non-hydrogen) atoms. The highest BCUT2D eigenvalue weighted by atomic mass is 16.5. The third-order valence-electron chi connectivity index (χ3n) is 6.27. The van der Waals surface area contributed by atoms with E-state index in [1.54, 1.807) is 0 Å². The zero-order valence-corrected chi connectivity index (χ0v) is 19.1. The summed E-state index contributed by atoms with van der Waals surface area (Å²) >= 11 is 0. The van der Waals surface area contributed by atoms with E-state index in [2.05, 4.69) is 16.8 Å². The van der Waals surface area contributed by atoms with Crippen molar-refractivity contribution >= 4 is 23.6 Å². The Morgan fingerprint density at radius 3 is 2.77 bits per heavy atom. The van der Waals surface area contributed by atoms with E-state index >= 15 is 0 Å². The highest BCUT2D eigenvalue weighted by Crippen LogP contribution is 2.39. The highest BCUT2D eigenvalue weighted by molar-refractivity contribution is 6.23. The van der Waals surface area contributed by atoms with Crippen molar-refractivity contribution in [3.63, 3.8) is 0 Å². The lowest BCUT2D eigenvalue weighted by Crippen LogP contribution is -2.44. The molecule has 0 aliphatic carbocycles. The van der Waals surface area contributed by atoms with Gasteiger partial charge >= 0.3 is 5.97 Å². The zero-order chi connectivity index (χ0) is 22.2. The second kappa shape index (κ2) is 11.3. The number of aliphatic imine (C=N–C) groups is 3. The Morgan fingerprint density at radius 2 is 2.00 bits per heavy atom. The summed E-state index contributed by atoms with van der Waals surface area (Å²) < 4.78 is 5.54. The third-order valence-corrected chi connectivity index (χ3v) is 6.27. The monoisotopic (exact) mass is 430 g/mol. The minimum Gasteiger partial charge on any atom is -0.462 e. The molecule has 3 aliphatic heterocycles. The molecule has 8 nitrogen and oxygen atoms in total. The molecule has 0 radical (unpaired) electrons. The fourth-order valence-electron chi connectivity index (χ4n) is 4.71. The van der Waals surface area contributed by atoms with Crippen LogP contribution in [0.3, 0.4) is 0 Å². The van der Waals surface area contributed by atoms with Crippen LogP contribution in [0.2, 0.25) is 0 Å². The van der Waals surface area contributed by atoms with Crippen LogP contribution >= 0.6 is 0 Å². The molecule has 0 aromatic rings. The molecule has 0 bridgehead atoms. The minimum absolute atomic E-state index is 0.0894. The summed E-state index contributed by atoms with van der Waals surface area (Å²) in [4.78, 5) is 28.6. The van der Waals surface area contributed by atoms with Gasteiger partial charge in [-0.15, -0.1) is 0 Å². The predicted octanol–water partition coefficient (Wildman–Crippen LogP) is 3.27. The quantitative estimate of drug-likeness (QED) is 0.213. The van der Waals surface area contributed by atoms with E-state index in [1.807, 2.05) is 6.92 Å². The van der Waals surface area contributed by atoms with E-state index in [0.29, 0.717) is 30.8 Å². The Labute approximate surface area is 185 Å². The number of esters is 1. The molecule has 3 aliphatic rings. The molecule has 0 spiro atoms. The smallest absolute Gasteiger partial charge is 0.341 e. The molecule has 0 amide bonds. The number of rotatable bonds is 12. The summed E-state index contributed by atoms with van der Waals surface area (Å²) in [6, 6.07) is 0.759. The van der Waals surface area contributed by atoms with Gasteiger partial charge in [-0.05, 0) is 45.4 Å². The average molecular weight is 431 g/mol. The first-order chi connectivity index (χ1) is 15.0. The number of nitrogens with zero attached hydrogens (tertiary/aromatic N) is 4. The fourth-order valence-corrected chi connectivity index (χ4v) is 4.71. The van der Waals surface area contributed by atoms with E-state index in [-0.39, 0.29) is 11.9 Å². The van der Waals surface area contributed by atoms with Crippen molar-refractivity contribution in [2.45, 2.75) is 96.6 Å². The number of carbonyl (C=O) groups is 1. The van der Waals surface area contributed by atoms with Gasteiger partial charge in [0.25, 0.3) is 0 Å². The molecule has 0 saturated carbocycles. The van der Waals surface area contributed by atoms with Crippen molar-refractivity contribution in [2.75, 3.05) is 13.2 Å². The lowest BCUT2D eigenvalue weighted by Gasteiger charge is -2.36. The number of hydrogen-bond donors (Lipinski definition) is 2. The lowest BCUT2D eigenvalue weighted by molar-refractivity contribution is -0.138. The van der Waals surface area contributed by atoms with Crippen molar-refractivity contribution in [3.8, 4) is 0 Å². The van der Waals surface area contributed by atoms with Gasteiger partial charge in [0, 0.05) is 18.3 Å². The molecule has 0 unspecified atom stereocenters. The second-order valence-corrected chi connectivity index (χ2v) is 8.75. The number of allylic oxidation sites excluding steroid dienone is 1. The van der Waals surface area contributed by atoms with E-state index in [9.17, 15) is 4.79 Å². The van der Waals surface area contributed by atoms with Gasteiger partial charge < -0.3 is 21.1 Å². The molecule has 4 N–H and O–H groups in total. The van der Waals surface area contributed by atoms with Crippen LogP contribution < -0.4 is 11.5 Å². The molecule has 2 atom stereocenters. The fraction of sp³-hybridized carbons (Fsp3) is 0.739. The van der Waals surface area contributed by atoms with Gasteiger partial charge in [0.15, 0.2) is 5.96 Å². The minimum atomic E-state index is -0.282. The highest BCUT2D eigenvalue weighted by Gasteiger charge is 2.42. The summed E-state index contributed by atoms with van der Waals surface area (Å²) in [7, 11) is 0. The molecule has 8 heteroatoms. The van der Waals surface area contributed by atoms with Gasteiger partial charge in [-0.25, -0.2) is 14.8 Å². The Bertz CT molecular complexity index is 766. The molecule has 1 saturated heterocycles. The van der Waals surface area contributed by atoms with Crippen LogP contribution in [0.1, 0.15) is 84.5 Å². The first kappa shape index (κ1) is 23.3. The first-order valence-corrected chi connectivity index (χ1v) is 11.9. The van der Waals surface area contributed by atoms with Crippen LogP contribution in [0.25, 0.3) is 0 Å². The number of hydrogen-bond acceptors (Lipinski definition) is 6. The second-order valence-electron chi connectivity index (χ2n) is 8.75. The molecule has 3 rings (SSSR count). The van der Waals surface area contributed by atoms with Gasteiger partial charge in [-0.3, -0.25) is 4.99 Å². The number of unbranched alkanes of at least 4 members (excludes halogenated alkanes) is 5. The van der Waals surface area contributed by atoms with Gasteiger partial charge in [-0.2, -0.15) is 0 Å². The normalized spacial score (nSPS) is 22.1. The molecule has 1 fully saturated rings. The van der Waals surface area contributed by atoms with Gasteiger partial charge in [-0.1, -0.05) is 39.0 Å². The van der Waals surface area contributed by atoms with E-state index in [4.69, 9.17) is 26.2 Å². The van der Waals surface area contributed by atoms with E-state index in [0.717, 1.165) is 55.9 Å². The average Bonchev–Trinajstić information content (AvgIpc) is 3.14. The number of guanidine groups is 2. The molecule has 0 aromatic heterocycles. The van der Waals surface area contributed by atoms with Crippen molar-refractivity contribution in [3.05, 3.63) is 11.3 Å². The van der Waals surface area contributed by atoms with Crippen LogP contribution in [-0.4, -0.2) is 53.7 Å². The van der Waals surface area contributed by atoms with Crippen LogP contribution in [0.15, 0.2) is 26.2 Å². The summed E-state index contributed by atoms with van der Waals surface area (Å²) in [6.45, 7) is 5.04. The largest absolute Gasteiger partial charge is 0.462 e. The van der Waals surface area contributed by atoms with Gasteiger partial charge in [0.1, 0.15) is 5.57 Å². The Morgan fingerprint density at radius 1 is 1.19 bits per heavy atom. The van der Waals surface area contributed by atoms with Crippen LogP contribution in [0.5, 0.6) is 0 Å². The van der Waals surface area contributed by atoms with E-state index in [1.165, 1.54) is 32.1 Å². The summed E-state index contributed by atoms with van der Waals surface area (Å²) in [5.41, 5.74) is 13.0. The number of nitrogens with two attached hydrogens (primary N) is 2. The molecule has 0 aromatic carbocycles. The third kappa shape index (κ3) is 6.08. The Kier molecular flexibility index (Phi) is 8.49. The number of ether oxygens (including phenoxy) is 1. The maximum Gasteiger partial charge on any atom is 0.341 e. The summed E-state index contributed by atoms with van der Waals surface area (Å²) in [5.74, 6) is 0.607. The van der Waals surface area contributed by atoms with Gasteiger partial charge in [0.2, 0.25) is 5.96 Å². The van der Waals surface area contributed by atoms with Gasteiger partial charge in [0.05, 0.1) is 18.4 Å². The molecular weight excluding hydrogens is 392 g/mol. The topological polar surface area (TPSA) is 119 Å². The van der Waals surface area contributed by atoms with Crippen molar-refractivity contribution in [2.24, 2.45) is 26.4 Å². The Hall–Kier alpha value is -2.38.